The molecule has 30 heavy (non-hydrogen) atoms. The number of hydrogen-bond acceptors (Lipinski definition) is 6. The van der Waals surface area contributed by atoms with Crippen LogP contribution in [-0.2, 0) is 33.0 Å². The molecule has 1 spiro atoms. The van der Waals surface area contributed by atoms with Crippen molar-refractivity contribution in [3.05, 3.63) is 48.3 Å². The van der Waals surface area contributed by atoms with Gasteiger partial charge in [-0.05, 0) is 37.3 Å². The molecule has 0 aromatic carbocycles. The van der Waals surface area contributed by atoms with E-state index in [4.69, 9.17) is 9.47 Å². The van der Waals surface area contributed by atoms with Crippen LogP contribution in [0.4, 0.5) is 0 Å². The van der Waals surface area contributed by atoms with Crippen molar-refractivity contribution in [2.45, 2.75) is 56.6 Å². The molecule has 5 rings (SSSR count). The number of aromatic nitrogens is 3. The molecule has 2 atom stereocenters. The molecule has 3 aliphatic heterocycles. The summed E-state index contributed by atoms with van der Waals surface area (Å²) < 4.78 is 14.2. The van der Waals surface area contributed by atoms with Gasteiger partial charge in [-0.1, -0.05) is 6.07 Å². The lowest BCUT2D eigenvalue weighted by molar-refractivity contribution is -0.174. The van der Waals surface area contributed by atoms with Gasteiger partial charge in [0.2, 0.25) is 0 Å². The van der Waals surface area contributed by atoms with Crippen molar-refractivity contribution in [2.24, 2.45) is 0 Å². The van der Waals surface area contributed by atoms with Crippen LogP contribution in [0.15, 0.2) is 36.9 Å². The third-order valence-electron chi connectivity index (χ3n) is 6.47. The molecule has 0 bridgehead atoms. The Balaban J connectivity index is 1.24. The fourth-order valence-corrected chi connectivity index (χ4v) is 4.83. The van der Waals surface area contributed by atoms with Crippen molar-refractivity contribution in [3.8, 4) is 0 Å². The minimum atomic E-state index is -0.502. The number of carbonyl (C=O) groups is 1. The summed E-state index contributed by atoms with van der Waals surface area (Å²) in [5.41, 5.74) is 0.713. The van der Waals surface area contributed by atoms with Gasteiger partial charge < -0.3 is 19.4 Å². The van der Waals surface area contributed by atoms with E-state index in [9.17, 15) is 4.79 Å². The van der Waals surface area contributed by atoms with Crippen LogP contribution in [-0.4, -0.2) is 63.8 Å². The van der Waals surface area contributed by atoms with Gasteiger partial charge in [-0.3, -0.25) is 14.7 Å². The minimum Gasteiger partial charge on any atom is -0.376 e. The van der Waals surface area contributed by atoms with E-state index in [0.29, 0.717) is 13.1 Å². The maximum atomic E-state index is 12.9. The van der Waals surface area contributed by atoms with Gasteiger partial charge in [-0.25, -0.2) is 4.98 Å². The molecule has 1 amide bonds. The Hall–Kier alpha value is -2.29. The zero-order chi connectivity index (χ0) is 20.4. The van der Waals surface area contributed by atoms with Crippen LogP contribution in [0.5, 0.6) is 0 Å². The second-order valence-corrected chi connectivity index (χ2v) is 8.52. The van der Waals surface area contributed by atoms with Crippen molar-refractivity contribution in [1.82, 2.24) is 24.8 Å². The maximum Gasteiger partial charge on any atom is 0.251 e. The number of carbonyl (C=O) groups excluding carboxylic acids is 1. The largest absolute Gasteiger partial charge is 0.376 e. The molecular formula is C22H29N5O3. The molecule has 3 aliphatic rings. The summed E-state index contributed by atoms with van der Waals surface area (Å²) in [7, 11) is 0. The highest BCUT2D eigenvalue weighted by Crippen LogP contribution is 2.40. The van der Waals surface area contributed by atoms with Crippen LogP contribution in [0.3, 0.4) is 0 Å². The second kappa shape index (κ2) is 8.45. The molecule has 8 nitrogen and oxygen atoms in total. The lowest BCUT2D eigenvalue weighted by Gasteiger charge is -2.45. The van der Waals surface area contributed by atoms with E-state index in [2.05, 4.69) is 30.8 Å². The topological polar surface area (TPSA) is 81.5 Å². The molecule has 2 aromatic heterocycles. The first-order chi connectivity index (χ1) is 14.7. The number of amides is 1. The molecular weight excluding hydrogens is 382 g/mol. The fourth-order valence-electron chi connectivity index (χ4n) is 4.83. The monoisotopic (exact) mass is 411 g/mol. The van der Waals surface area contributed by atoms with Gasteiger partial charge in [-0.15, -0.1) is 0 Å². The van der Waals surface area contributed by atoms with Crippen LogP contribution in [0.25, 0.3) is 0 Å². The van der Waals surface area contributed by atoms with Crippen LogP contribution >= 0.6 is 0 Å². The summed E-state index contributed by atoms with van der Waals surface area (Å²) in [6, 6.07) is 4.08. The Morgan fingerprint density at radius 3 is 2.97 bits per heavy atom. The Bertz CT molecular complexity index is 857. The van der Waals surface area contributed by atoms with Gasteiger partial charge in [0.1, 0.15) is 11.4 Å². The van der Waals surface area contributed by atoms with E-state index in [1.807, 2.05) is 24.7 Å². The third kappa shape index (κ3) is 3.99. The number of rotatable bonds is 5. The SMILES string of the molecule is O=C(NC[C@H]1CCCO1)[C@@H]1Cn2ccnc2C2(CCN(Cc3cccnc3)CC2)O1. The molecule has 2 aromatic rings. The van der Waals surface area contributed by atoms with Crippen LogP contribution in [0, 0.1) is 0 Å². The van der Waals surface area contributed by atoms with Crippen molar-refractivity contribution < 1.29 is 14.3 Å². The highest BCUT2D eigenvalue weighted by Gasteiger charge is 2.47. The molecule has 5 heterocycles. The van der Waals surface area contributed by atoms with Gasteiger partial charge >= 0.3 is 0 Å². The zero-order valence-corrected chi connectivity index (χ0v) is 17.2. The van der Waals surface area contributed by atoms with E-state index in [1.165, 1.54) is 5.56 Å². The highest BCUT2D eigenvalue weighted by molar-refractivity contribution is 5.81. The molecule has 160 valence electrons. The summed E-state index contributed by atoms with van der Waals surface area (Å²) in [5, 5.41) is 3.04. The van der Waals surface area contributed by atoms with Crippen LogP contribution < -0.4 is 5.32 Å². The van der Waals surface area contributed by atoms with E-state index in [0.717, 1.165) is 57.7 Å². The summed E-state index contributed by atoms with van der Waals surface area (Å²) in [6.07, 6.45) is 10.8. The summed E-state index contributed by atoms with van der Waals surface area (Å²) >= 11 is 0. The normalized spacial score (nSPS) is 25.9. The number of pyridine rings is 1. The van der Waals surface area contributed by atoms with Gasteiger partial charge in [0, 0.05) is 57.6 Å². The second-order valence-electron chi connectivity index (χ2n) is 8.52. The number of imidazole rings is 1. The summed E-state index contributed by atoms with van der Waals surface area (Å²) in [5.74, 6) is 0.897. The van der Waals surface area contributed by atoms with Gasteiger partial charge in [0.25, 0.3) is 5.91 Å². The molecule has 0 aliphatic carbocycles. The number of likely N-dealkylation sites (tertiary alicyclic amines) is 1. The minimum absolute atomic E-state index is 0.0537. The lowest BCUT2D eigenvalue weighted by Crippen LogP contribution is -2.54. The Morgan fingerprint density at radius 2 is 2.20 bits per heavy atom. The summed E-state index contributed by atoms with van der Waals surface area (Å²) in [4.78, 5) is 24.1. The van der Waals surface area contributed by atoms with Crippen molar-refractivity contribution >= 4 is 5.91 Å². The number of nitrogens with one attached hydrogen (secondary N) is 1. The highest BCUT2D eigenvalue weighted by atomic mass is 16.5. The van der Waals surface area contributed by atoms with Crippen molar-refractivity contribution in [3.63, 3.8) is 0 Å². The maximum absolute atomic E-state index is 12.9. The molecule has 0 unspecified atom stereocenters. The predicted molar refractivity (Wildman–Crippen MR) is 110 cm³/mol. The molecule has 1 N–H and O–H groups in total. The Labute approximate surface area is 176 Å². The van der Waals surface area contributed by atoms with Gasteiger partial charge in [-0.2, -0.15) is 0 Å². The molecule has 2 fully saturated rings. The number of hydrogen-bond donors (Lipinski definition) is 1. The van der Waals surface area contributed by atoms with Gasteiger partial charge in [0.05, 0.1) is 12.6 Å². The van der Waals surface area contributed by atoms with E-state index < -0.39 is 11.7 Å². The first kappa shape index (κ1) is 19.7. The third-order valence-corrected chi connectivity index (χ3v) is 6.47. The molecule has 0 radical (unpaired) electrons. The molecule has 0 saturated carbocycles. The fraction of sp³-hybridized carbons (Fsp3) is 0.591. The molecule has 8 heteroatoms. The average molecular weight is 412 g/mol. The Kier molecular flexibility index (Phi) is 5.54. The quantitative estimate of drug-likeness (QED) is 0.802. The van der Waals surface area contributed by atoms with Crippen LogP contribution in [0.2, 0.25) is 0 Å². The number of fused-ring (bicyclic) bond motifs is 2. The first-order valence-corrected chi connectivity index (χ1v) is 10.9. The van der Waals surface area contributed by atoms with Crippen molar-refractivity contribution in [2.75, 3.05) is 26.2 Å². The predicted octanol–water partition coefficient (Wildman–Crippen LogP) is 1.46. The molecule has 2 saturated heterocycles. The first-order valence-electron chi connectivity index (χ1n) is 10.9. The van der Waals surface area contributed by atoms with E-state index in [1.54, 1.807) is 6.20 Å². The Morgan fingerprint density at radius 1 is 1.30 bits per heavy atom. The lowest BCUT2D eigenvalue weighted by atomic mass is 9.88. The number of piperidine rings is 1. The average Bonchev–Trinajstić information content (AvgIpc) is 3.47. The number of nitrogens with zero attached hydrogens (tertiary/aromatic N) is 4. The summed E-state index contributed by atoms with van der Waals surface area (Å²) in [6.45, 7) is 4.52. The van der Waals surface area contributed by atoms with Crippen LogP contribution in [0.1, 0.15) is 37.1 Å². The van der Waals surface area contributed by atoms with E-state index in [-0.39, 0.29) is 12.0 Å². The smallest absolute Gasteiger partial charge is 0.251 e. The van der Waals surface area contributed by atoms with Gasteiger partial charge in [0.15, 0.2) is 6.10 Å². The standard InChI is InChI=1S/C22H29N5O3/c28-20(25-14-18-4-2-12-29-18)19-16-27-11-8-24-21(27)22(30-19)5-9-26(10-6-22)15-17-3-1-7-23-13-17/h1,3,7-8,11,13,18-19H,2,4-6,9-10,12,14-16H2,(H,25,28)/t18-,19+/m1/s1. The zero-order valence-electron chi connectivity index (χ0n) is 17.2. The van der Waals surface area contributed by atoms with Crippen molar-refractivity contribution in [1.29, 1.82) is 0 Å². The van der Waals surface area contributed by atoms with E-state index >= 15 is 0 Å². The number of ether oxygens (including phenoxy) is 2.